The molecule has 206 valence electrons. The number of carbonyl (C=O) groups is 3. The SMILES string of the molecule is N#Cc1ccc(C(=O)N2CCC(C(=O)Nc3ccc(OCc4ccnc5ccccc45)cc3)C(C(=O)NO)C2)cc1. The molecule has 3 amide bonds. The van der Waals surface area contributed by atoms with Gasteiger partial charge in [-0.15, -0.1) is 0 Å². The number of rotatable bonds is 7. The van der Waals surface area contributed by atoms with Gasteiger partial charge in [0.25, 0.3) is 5.91 Å². The van der Waals surface area contributed by atoms with E-state index in [9.17, 15) is 19.6 Å². The maximum absolute atomic E-state index is 13.2. The van der Waals surface area contributed by atoms with Crippen LogP contribution in [0.4, 0.5) is 5.69 Å². The Hall–Kier alpha value is -5.27. The van der Waals surface area contributed by atoms with Crippen LogP contribution in [0.15, 0.2) is 85.1 Å². The first kappa shape index (κ1) is 27.3. The standard InChI is InChI=1S/C31H27N5O5/c32-17-20-5-7-21(8-6-20)31(39)36-16-14-26(27(18-36)30(38)35-40)29(37)34-23-9-11-24(12-10-23)41-19-22-13-15-33-28-4-2-1-3-25(22)28/h1-13,15,26-27,40H,14,16,18-19H2,(H,34,37)(H,35,38). The lowest BCUT2D eigenvalue weighted by Crippen LogP contribution is -2.52. The predicted octanol–water partition coefficient (Wildman–Crippen LogP) is 3.91. The summed E-state index contributed by atoms with van der Waals surface area (Å²) in [5.41, 5.74) is 4.85. The summed E-state index contributed by atoms with van der Waals surface area (Å²) in [5, 5.41) is 22.1. The van der Waals surface area contributed by atoms with Crippen LogP contribution in [0.3, 0.4) is 0 Å². The number of hydrogen-bond acceptors (Lipinski definition) is 7. The number of nitriles is 1. The number of aromatic nitrogens is 1. The summed E-state index contributed by atoms with van der Waals surface area (Å²) in [6.45, 7) is 0.564. The van der Waals surface area contributed by atoms with Crippen molar-refractivity contribution in [3.05, 3.63) is 102 Å². The predicted molar refractivity (Wildman–Crippen MR) is 150 cm³/mol. The van der Waals surface area contributed by atoms with Gasteiger partial charge in [-0.05, 0) is 67.1 Å². The second-order valence-corrected chi connectivity index (χ2v) is 9.71. The zero-order valence-corrected chi connectivity index (χ0v) is 22.0. The van der Waals surface area contributed by atoms with E-state index in [-0.39, 0.29) is 31.3 Å². The summed E-state index contributed by atoms with van der Waals surface area (Å²) in [4.78, 5) is 44.5. The first-order valence-electron chi connectivity index (χ1n) is 13.1. The number of benzene rings is 3. The van der Waals surface area contributed by atoms with Crippen molar-refractivity contribution >= 4 is 34.3 Å². The Balaban J connectivity index is 1.21. The van der Waals surface area contributed by atoms with E-state index in [4.69, 9.17) is 10.00 Å². The van der Waals surface area contributed by atoms with Crippen molar-refractivity contribution in [3.63, 3.8) is 0 Å². The second-order valence-electron chi connectivity index (χ2n) is 9.71. The van der Waals surface area contributed by atoms with Gasteiger partial charge in [-0.2, -0.15) is 5.26 Å². The average Bonchev–Trinajstić information content (AvgIpc) is 3.03. The highest BCUT2D eigenvalue weighted by atomic mass is 16.5. The van der Waals surface area contributed by atoms with Gasteiger partial charge in [-0.25, -0.2) is 5.48 Å². The van der Waals surface area contributed by atoms with E-state index < -0.39 is 17.7 Å². The van der Waals surface area contributed by atoms with Crippen molar-refractivity contribution in [1.82, 2.24) is 15.4 Å². The number of piperidine rings is 1. The number of nitrogens with one attached hydrogen (secondary N) is 2. The number of hydrogen-bond donors (Lipinski definition) is 3. The number of nitrogens with zero attached hydrogens (tertiary/aromatic N) is 3. The molecule has 10 nitrogen and oxygen atoms in total. The largest absolute Gasteiger partial charge is 0.489 e. The summed E-state index contributed by atoms with van der Waals surface area (Å²) < 4.78 is 5.95. The molecule has 4 aromatic rings. The number of amides is 3. The zero-order chi connectivity index (χ0) is 28.8. The van der Waals surface area contributed by atoms with Crippen LogP contribution in [0.25, 0.3) is 10.9 Å². The molecule has 2 atom stereocenters. The summed E-state index contributed by atoms with van der Waals surface area (Å²) in [7, 11) is 0. The van der Waals surface area contributed by atoms with Crippen LogP contribution in [0.2, 0.25) is 0 Å². The molecule has 0 radical (unpaired) electrons. The molecule has 0 spiro atoms. The Morgan fingerprint density at radius 1 is 0.976 bits per heavy atom. The van der Waals surface area contributed by atoms with Crippen molar-refractivity contribution in [1.29, 1.82) is 5.26 Å². The minimum absolute atomic E-state index is 0.0419. The van der Waals surface area contributed by atoms with E-state index in [2.05, 4.69) is 10.3 Å². The second kappa shape index (κ2) is 12.3. The maximum Gasteiger partial charge on any atom is 0.253 e. The third-order valence-corrected chi connectivity index (χ3v) is 7.20. The average molecular weight is 550 g/mol. The number of hydroxylamine groups is 1. The molecule has 0 aliphatic carbocycles. The molecule has 1 aliphatic rings. The molecule has 5 rings (SSSR count). The fraction of sp³-hybridized carbons (Fsp3) is 0.194. The highest BCUT2D eigenvalue weighted by Crippen LogP contribution is 2.28. The third kappa shape index (κ3) is 6.16. The molecule has 3 N–H and O–H groups in total. The molecular weight excluding hydrogens is 522 g/mol. The molecule has 10 heteroatoms. The van der Waals surface area contributed by atoms with Gasteiger partial charge in [-0.1, -0.05) is 18.2 Å². The summed E-state index contributed by atoms with van der Waals surface area (Å²) in [6.07, 6.45) is 1.98. The quantitative estimate of drug-likeness (QED) is 0.234. The minimum Gasteiger partial charge on any atom is -0.489 e. The molecule has 2 unspecified atom stereocenters. The first-order valence-corrected chi connectivity index (χ1v) is 13.1. The lowest BCUT2D eigenvalue weighted by molar-refractivity contribution is -0.141. The highest BCUT2D eigenvalue weighted by Gasteiger charge is 2.40. The number of pyridine rings is 1. The van der Waals surface area contributed by atoms with E-state index in [1.807, 2.05) is 36.4 Å². The first-order chi connectivity index (χ1) is 20.0. The topological polar surface area (TPSA) is 145 Å². The smallest absolute Gasteiger partial charge is 0.253 e. The van der Waals surface area contributed by atoms with Gasteiger partial charge in [0.1, 0.15) is 12.4 Å². The number of likely N-dealkylation sites (tertiary alicyclic amines) is 1. The molecule has 2 heterocycles. The molecule has 0 saturated carbocycles. The van der Waals surface area contributed by atoms with Crippen LogP contribution >= 0.6 is 0 Å². The van der Waals surface area contributed by atoms with E-state index in [0.29, 0.717) is 29.2 Å². The van der Waals surface area contributed by atoms with Crippen molar-refractivity contribution in [2.45, 2.75) is 13.0 Å². The summed E-state index contributed by atoms with van der Waals surface area (Å²) in [6, 6.07) is 24.9. The van der Waals surface area contributed by atoms with E-state index in [1.54, 1.807) is 60.2 Å². The summed E-state index contributed by atoms with van der Waals surface area (Å²) >= 11 is 0. The van der Waals surface area contributed by atoms with Gasteiger partial charge < -0.3 is 15.0 Å². The van der Waals surface area contributed by atoms with Crippen LogP contribution in [-0.2, 0) is 16.2 Å². The minimum atomic E-state index is -0.950. The van der Waals surface area contributed by atoms with Crippen LogP contribution < -0.4 is 15.5 Å². The fourth-order valence-electron chi connectivity index (χ4n) is 4.98. The van der Waals surface area contributed by atoms with E-state index >= 15 is 0 Å². The molecule has 1 aliphatic heterocycles. The van der Waals surface area contributed by atoms with E-state index in [0.717, 1.165) is 16.5 Å². The normalized spacial score (nSPS) is 16.4. The molecule has 0 bridgehead atoms. The number of carbonyl (C=O) groups excluding carboxylic acids is 3. The number of anilines is 1. The third-order valence-electron chi connectivity index (χ3n) is 7.20. The van der Waals surface area contributed by atoms with Crippen molar-refractivity contribution in [3.8, 4) is 11.8 Å². The van der Waals surface area contributed by atoms with E-state index in [1.165, 1.54) is 4.90 Å². The van der Waals surface area contributed by atoms with Crippen LogP contribution in [0, 0.1) is 23.2 Å². The zero-order valence-electron chi connectivity index (χ0n) is 22.0. The lowest BCUT2D eigenvalue weighted by atomic mass is 9.83. The van der Waals surface area contributed by atoms with Gasteiger partial charge in [-0.3, -0.25) is 24.6 Å². The maximum atomic E-state index is 13.2. The number of ether oxygens (including phenoxy) is 1. The number of fused-ring (bicyclic) bond motifs is 1. The van der Waals surface area contributed by atoms with Gasteiger partial charge in [0, 0.05) is 41.5 Å². The Bertz CT molecular complexity index is 1610. The van der Waals surface area contributed by atoms with Crippen molar-refractivity contribution < 1.29 is 24.3 Å². The Morgan fingerprint density at radius 3 is 2.46 bits per heavy atom. The molecular formula is C31H27N5O5. The lowest BCUT2D eigenvalue weighted by Gasteiger charge is -2.36. The molecule has 41 heavy (non-hydrogen) atoms. The van der Waals surface area contributed by atoms with Gasteiger partial charge in [0.15, 0.2) is 0 Å². The van der Waals surface area contributed by atoms with Crippen LogP contribution in [0.5, 0.6) is 5.75 Å². The Kier molecular flexibility index (Phi) is 8.18. The van der Waals surface area contributed by atoms with Gasteiger partial charge in [0.05, 0.1) is 29.0 Å². The monoisotopic (exact) mass is 549 g/mol. The number of para-hydroxylation sites is 1. The molecule has 1 fully saturated rings. The van der Waals surface area contributed by atoms with Crippen LogP contribution in [-0.4, -0.2) is 45.9 Å². The highest BCUT2D eigenvalue weighted by molar-refractivity contribution is 5.98. The molecule has 1 aromatic heterocycles. The van der Waals surface area contributed by atoms with Gasteiger partial charge >= 0.3 is 0 Å². The summed E-state index contributed by atoms with van der Waals surface area (Å²) in [5.74, 6) is -2.54. The fourth-order valence-corrected chi connectivity index (χ4v) is 4.98. The Morgan fingerprint density at radius 2 is 1.73 bits per heavy atom. The molecule has 1 saturated heterocycles. The van der Waals surface area contributed by atoms with Crippen molar-refractivity contribution in [2.24, 2.45) is 11.8 Å². The van der Waals surface area contributed by atoms with Crippen molar-refractivity contribution in [2.75, 3.05) is 18.4 Å². The molecule has 3 aromatic carbocycles. The Labute approximate surface area is 236 Å². The van der Waals surface area contributed by atoms with Gasteiger partial charge in [0.2, 0.25) is 11.8 Å². The van der Waals surface area contributed by atoms with Crippen LogP contribution in [0.1, 0.15) is 27.9 Å².